The Morgan fingerprint density at radius 1 is 1.17 bits per heavy atom. The highest BCUT2D eigenvalue weighted by Crippen LogP contribution is 2.25. The van der Waals surface area contributed by atoms with Gasteiger partial charge in [0.25, 0.3) is 11.8 Å². The molecule has 7 heteroatoms. The lowest BCUT2D eigenvalue weighted by molar-refractivity contribution is 0.0749. The highest BCUT2D eigenvalue weighted by atomic mass is 35.5. The fourth-order valence-corrected chi connectivity index (χ4v) is 3.19. The molecule has 30 heavy (non-hydrogen) atoms. The third-order valence-electron chi connectivity index (χ3n) is 4.40. The number of benzene rings is 2. The van der Waals surface area contributed by atoms with Gasteiger partial charge in [-0.05, 0) is 49.2 Å². The lowest BCUT2D eigenvalue weighted by atomic mass is 10.1. The van der Waals surface area contributed by atoms with Crippen LogP contribution in [0.15, 0.2) is 59.7 Å². The number of amides is 2. The van der Waals surface area contributed by atoms with E-state index in [4.69, 9.17) is 16.3 Å². The molecule has 1 aliphatic heterocycles. The smallest absolute Gasteiger partial charge is 0.267 e. The molecule has 156 valence electrons. The lowest BCUT2D eigenvalue weighted by Gasteiger charge is -2.16. The van der Waals surface area contributed by atoms with Gasteiger partial charge in [0.2, 0.25) is 0 Å². The summed E-state index contributed by atoms with van der Waals surface area (Å²) >= 11 is 6.14. The van der Waals surface area contributed by atoms with Gasteiger partial charge in [0, 0.05) is 10.6 Å². The first kappa shape index (κ1) is 21.6. The number of amidine groups is 1. The lowest BCUT2D eigenvalue weighted by Crippen LogP contribution is -2.36. The van der Waals surface area contributed by atoms with Crippen LogP contribution in [0.1, 0.15) is 47.1 Å². The number of hydrogen-bond donors (Lipinski definition) is 1. The molecule has 2 aromatic rings. The van der Waals surface area contributed by atoms with Crippen LogP contribution in [0.2, 0.25) is 5.02 Å². The number of carbonyl (C=O) groups excluding carboxylic acids is 2. The molecule has 0 bridgehead atoms. The van der Waals surface area contributed by atoms with Gasteiger partial charge >= 0.3 is 0 Å². The summed E-state index contributed by atoms with van der Waals surface area (Å²) in [4.78, 5) is 26.5. The first-order chi connectivity index (χ1) is 14.4. The first-order valence-electron chi connectivity index (χ1n) is 9.74. The Hall–Kier alpha value is -3.12. The van der Waals surface area contributed by atoms with Gasteiger partial charge in [-0.1, -0.05) is 43.7 Å². The van der Waals surface area contributed by atoms with Gasteiger partial charge in [0.05, 0.1) is 24.3 Å². The molecule has 0 atom stereocenters. The number of nitrogens with zero attached hydrogens (tertiary/aromatic N) is 2. The molecule has 3 rings (SSSR count). The summed E-state index contributed by atoms with van der Waals surface area (Å²) < 4.78 is 5.86. The second-order valence-corrected chi connectivity index (χ2v) is 7.69. The van der Waals surface area contributed by atoms with E-state index in [-0.39, 0.29) is 5.84 Å². The van der Waals surface area contributed by atoms with Crippen molar-refractivity contribution >= 4 is 29.3 Å². The van der Waals surface area contributed by atoms with Gasteiger partial charge in [0.1, 0.15) is 5.75 Å². The number of carbonyl (C=O) groups is 2. The van der Waals surface area contributed by atoms with Crippen molar-refractivity contribution < 1.29 is 14.3 Å². The number of hydrazone groups is 1. The van der Waals surface area contributed by atoms with Crippen molar-refractivity contribution in [1.82, 2.24) is 10.3 Å². The maximum Gasteiger partial charge on any atom is 0.267 e. The molecule has 2 amide bonds. The second kappa shape index (κ2) is 9.59. The van der Waals surface area contributed by atoms with E-state index in [0.717, 1.165) is 10.5 Å². The zero-order chi connectivity index (χ0) is 21.7. The van der Waals surface area contributed by atoms with Crippen LogP contribution in [0.5, 0.6) is 5.75 Å². The Morgan fingerprint density at radius 2 is 1.83 bits per heavy atom. The van der Waals surface area contributed by atoms with Crippen molar-refractivity contribution in [1.29, 1.82) is 0 Å². The Balaban J connectivity index is 1.80. The van der Waals surface area contributed by atoms with Crippen LogP contribution in [-0.2, 0) is 6.54 Å². The molecular formula is C23H24ClN3O3. The van der Waals surface area contributed by atoms with Crippen LogP contribution in [0.4, 0.5) is 0 Å². The monoisotopic (exact) mass is 425 g/mol. The summed E-state index contributed by atoms with van der Waals surface area (Å²) in [6.45, 7) is 6.84. The summed E-state index contributed by atoms with van der Waals surface area (Å²) in [7, 11) is 0. The predicted octanol–water partition coefficient (Wildman–Crippen LogP) is 4.65. The quantitative estimate of drug-likeness (QED) is 0.303. The van der Waals surface area contributed by atoms with Crippen LogP contribution in [0, 0.1) is 5.92 Å². The molecule has 0 aliphatic carbocycles. The van der Waals surface area contributed by atoms with Crippen molar-refractivity contribution in [3.63, 3.8) is 0 Å². The maximum atomic E-state index is 12.7. The molecule has 1 aliphatic rings. The number of ether oxygens (including phenoxy) is 1. The standard InChI is InChI=1S/C23H24ClN3O3/c1-4-7-21(27-22(28)18-8-5-6-9-19(18)23(27)29)26-25-13-16-12-17(24)10-11-20(16)30-14-15(2)3/h4-12,15,25H,13-14H2,1-3H3/b7-4+,26-21+. The van der Waals surface area contributed by atoms with E-state index in [1.807, 2.05) is 6.07 Å². The SMILES string of the molecule is C/C=C/C(=N\NCc1cc(Cl)ccc1OCC(C)C)N1C(=O)c2ccccc2C1=O. The molecule has 0 radical (unpaired) electrons. The van der Waals surface area contributed by atoms with Crippen LogP contribution in [-0.4, -0.2) is 29.2 Å². The van der Waals surface area contributed by atoms with E-state index in [0.29, 0.717) is 41.0 Å². The molecule has 0 saturated carbocycles. The van der Waals surface area contributed by atoms with Crippen LogP contribution >= 0.6 is 11.6 Å². The van der Waals surface area contributed by atoms with Gasteiger partial charge in [-0.3, -0.25) is 9.59 Å². The van der Waals surface area contributed by atoms with Crippen LogP contribution in [0.25, 0.3) is 0 Å². The summed E-state index contributed by atoms with van der Waals surface area (Å²) in [5.41, 5.74) is 4.51. The maximum absolute atomic E-state index is 12.7. The number of nitrogens with one attached hydrogen (secondary N) is 1. The highest BCUT2D eigenvalue weighted by molar-refractivity contribution is 6.31. The first-order valence-corrected chi connectivity index (χ1v) is 10.1. The molecule has 0 fully saturated rings. The number of hydrogen-bond acceptors (Lipinski definition) is 5. The number of imide groups is 1. The van der Waals surface area contributed by atoms with E-state index in [1.165, 1.54) is 0 Å². The van der Waals surface area contributed by atoms with Crippen molar-refractivity contribution in [2.24, 2.45) is 11.0 Å². The van der Waals surface area contributed by atoms with Crippen LogP contribution in [0.3, 0.4) is 0 Å². The molecule has 0 spiro atoms. The second-order valence-electron chi connectivity index (χ2n) is 7.25. The highest BCUT2D eigenvalue weighted by Gasteiger charge is 2.37. The van der Waals surface area contributed by atoms with Gasteiger partial charge in [-0.2, -0.15) is 5.10 Å². The summed E-state index contributed by atoms with van der Waals surface area (Å²) in [6.07, 6.45) is 3.34. The van der Waals surface area contributed by atoms with Crippen LogP contribution < -0.4 is 10.2 Å². The van der Waals surface area contributed by atoms with Gasteiger partial charge in [0.15, 0.2) is 5.84 Å². The topological polar surface area (TPSA) is 71.0 Å². The number of fused-ring (bicyclic) bond motifs is 1. The molecule has 1 heterocycles. The van der Waals surface area contributed by atoms with Gasteiger partial charge in [-0.25, -0.2) is 4.90 Å². The average Bonchev–Trinajstić information content (AvgIpc) is 2.97. The summed E-state index contributed by atoms with van der Waals surface area (Å²) in [5, 5.41) is 4.89. The molecule has 0 saturated heterocycles. The molecule has 2 aromatic carbocycles. The Labute approximate surface area is 181 Å². The molecule has 0 aromatic heterocycles. The fourth-order valence-electron chi connectivity index (χ4n) is 3.00. The average molecular weight is 426 g/mol. The minimum Gasteiger partial charge on any atom is -0.493 e. The number of halogens is 1. The molecule has 0 unspecified atom stereocenters. The van der Waals surface area contributed by atoms with Crippen molar-refractivity contribution in [2.45, 2.75) is 27.3 Å². The number of rotatable bonds is 7. The summed E-state index contributed by atoms with van der Waals surface area (Å²) in [5.74, 6) is 0.532. The van der Waals surface area contributed by atoms with E-state index >= 15 is 0 Å². The molecule has 6 nitrogen and oxygen atoms in total. The largest absolute Gasteiger partial charge is 0.493 e. The number of allylic oxidation sites excluding steroid dienone is 1. The third-order valence-corrected chi connectivity index (χ3v) is 4.63. The Bertz CT molecular complexity index is 980. The molecule has 1 N–H and O–H groups in total. The van der Waals surface area contributed by atoms with Gasteiger partial charge in [-0.15, -0.1) is 0 Å². The Morgan fingerprint density at radius 3 is 2.43 bits per heavy atom. The minimum atomic E-state index is -0.391. The Kier molecular flexibility index (Phi) is 6.90. The zero-order valence-corrected chi connectivity index (χ0v) is 17.9. The third kappa shape index (κ3) is 4.71. The molecular weight excluding hydrogens is 402 g/mol. The van der Waals surface area contributed by atoms with Gasteiger partial charge < -0.3 is 10.2 Å². The van der Waals surface area contributed by atoms with E-state index in [9.17, 15) is 9.59 Å². The van der Waals surface area contributed by atoms with E-state index in [1.54, 1.807) is 55.5 Å². The van der Waals surface area contributed by atoms with E-state index in [2.05, 4.69) is 24.4 Å². The van der Waals surface area contributed by atoms with Crippen molar-refractivity contribution in [2.75, 3.05) is 6.61 Å². The zero-order valence-electron chi connectivity index (χ0n) is 17.2. The fraction of sp³-hybridized carbons (Fsp3) is 0.261. The van der Waals surface area contributed by atoms with E-state index < -0.39 is 11.8 Å². The van der Waals surface area contributed by atoms with Crippen molar-refractivity contribution in [3.05, 3.63) is 76.3 Å². The normalized spacial score (nSPS) is 14.0. The predicted molar refractivity (Wildman–Crippen MR) is 118 cm³/mol. The van der Waals surface area contributed by atoms with Crippen molar-refractivity contribution in [3.8, 4) is 5.75 Å². The summed E-state index contributed by atoms with van der Waals surface area (Å²) in [6, 6.07) is 12.1. The minimum absolute atomic E-state index is 0.218.